The maximum absolute atomic E-state index is 13.2. The molecule has 0 aliphatic rings. The number of halogens is 1. The Hall–Kier alpha value is -2.11. The molecular weight excluding hydrogens is 289 g/mol. The van der Waals surface area contributed by atoms with Crippen LogP contribution in [-0.2, 0) is 16.0 Å². The van der Waals surface area contributed by atoms with Gasteiger partial charge in [0.05, 0.1) is 19.4 Å². The SMILES string of the molecule is COc1ccc(F)cc1CC(=O)NCC(CC(C)C)C(=O)O. The van der Waals surface area contributed by atoms with Gasteiger partial charge in [0.15, 0.2) is 0 Å². The van der Waals surface area contributed by atoms with Crippen LogP contribution < -0.4 is 10.1 Å². The molecule has 1 aromatic rings. The minimum Gasteiger partial charge on any atom is -0.496 e. The molecule has 1 amide bonds. The number of carboxylic acid groups (broad SMARTS) is 1. The highest BCUT2D eigenvalue weighted by Gasteiger charge is 2.20. The van der Waals surface area contributed by atoms with Gasteiger partial charge in [0, 0.05) is 12.1 Å². The van der Waals surface area contributed by atoms with E-state index in [0.29, 0.717) is 17.7 Å². The molecule has 0 heterocycles. The average Bonchev–Trinajstić information content (AvgIpc) is 2.43. The molecule has 1 rings (SSSR count). The van der Waals surface area contributed by atoms with Crippen LogP contribution in [0.25, 0.3) is 0 Å². The third-order valence-electron chi connectivity index (χ3n) is 3.24. The summed E-state index contributed by atoms with van der Waals surface area (Å²) < 4.78 is 18.3. The Morgan fingerprint density at radius 1 is 1.36 bits per heavy atom. The van der Waals surface area contributed by atoms with Gasteiger partial charge in [-0.1, -0.05) is 13.8 Å². The smallest absolute Gasteiger partial charge is 0.308 e. The number of hydrogen-bond acceptors (Lipinski definition) is 3. The fourth-order valence-electron chi connectivity index (χ4n) is 2.20. The summed E-state index contributed by atoms with van der Waals surface area (Å²) in [7, 11) is 1.44. The van der Waals surface area contributed by atoms with Gasteiger partial charge in [-0.05, 0) is 30.5 Å². The number of rotatable bonds is 8. The van der Waals surface area contributed by atoms with Crippen molar-refractivity contribution in [3.8, 4) is 5.75 Å². The molecule has 0 radical (unpaired) electrons. The number of carboxylic acids is 1. The predicted molar refractivity (Wildman–Crippen MR) is 80.2 cm³/mol. The van der Waals surface area contributed by atoms with Crippen molar-refractivity contribution in [3.63, 3.8) is 0 Å². The zero-order chi connectivity index (χ0) is 16.7. The maximum atomic E-state index is 13.2. The van der Waals surface area contributed by atoms with Crippen LogP contribution in [-0.4, -0.2) is 30.6 Å². The van der Waals surface area contributed by atoms with Crippen molar-refractivity contribution >= 4 is 11.9 Å². The number of hydrogen-bond donors (Lipinski definition) is 2. The fourth-order valence-corrected chi connectivity index (χ4v) is 2.20. The Kier molecular flexibility index (Phi) is 6.82. The van der Waals surface area contributed by atoms with Crippen molar-refractivity contribution in [2.24, 2.45) is 11.8 Å². The number of ether oxygens (including phenoxy) is 1. The van der Waals surface area contributed by atoms with Crippen LogP contribution in [0.3, 0.4) is 0 Å². The lowest BCUT2D eigenvalue weighted by Crippen LogP contribution is -2.34. The molecule has 6 heteroatoms. The normalized spacial score (nSPS) is 12.0. The van der Waals surface area contributed by atoms with E-state index in [0.717, 1.165) is 0 Å². The van der Waals surface area contributed by atoms with E-state index in [-0.39, 0.29) is 24.8 Å². The summed E-state index contributed by atoms with van der Waals surface area (Å²) in [5, 5.41) is 11.7. The molecule has 0 spiro atoms. The monoisotopic (exact) mass is 311 g/mol. The maximum Gasteiger partial charge on any atom is 0.308 e. The lowest BCUT2D eigenvalue weighted by molar-refractivity contribution is -0.142. The first-order valence-corrected chi connectivity index (χ1v) is 7.15. The van der Waals surface area contributed by atoms with E-state index >= 15 is 0 Å². The average molecular weight is 311 g/mol. The largest absolute Gasteiger partial charge is 0.496 e. The molecule has 22 heavy (non-hydrogen) atoms. The molecule has 1 unspecified atom stereocenters. The molecule has 0 bridgehead atoms. The molecule has 2 N–H and O–H groups in total. The lowest BCUT2D eigenvalue weighted by atomic mass is 9.97. The van der Waals surface area contributed by atoms with Gasteiger partial charge in [-0.15, -0.1) is 0 Å². The van der Waals surface area contributed by atoms with E-state index in [1.165, 1.54) is 25.3 Å². The highest BCUT2D eigenvalue weighted by Crippen LogP contribution is 2.20. The molecule has 0 aliphatic carbocycles. The van der Waals surface area contributed by atoms with Crippen LogP contribution in [0, 0.1) is 17.7 Å². The Morgan fingerprint density at radius 3 is 2.59 bits per heavy atom. The highest BCUT2D eigenvalue weighted by atomic mass is 19.1. The molecule has 0 aromatic heterocycles. The van der Waals surface area contributed by atoms with Crippen LogP contribution in [0.1, 0.15) is 25.8 Å². The molecule has 0 aliphatic heterocycles. The summed E-state index contributed by atoms with van der Waals surface area (Å²) in [4.78, 5) is 23.1. The predicted octanol–water partition coefficient (Wildman–Crippen LogP) is 2.24. The van der Waals surface area contributed by atoms with Crippen molar-refractivity contribution in [2.45, 2.75) is 26.7 Å². The summed E-state index contributed by atoms with van der Waals surface area (Å²) in [6.45, 7) is 3.91. The molecule has 5 nitrogen and oxygen atoms in total. The quantitative estimate of drug-likeness (QED) is 0.772. The van der Waals surface area contributed by atoms with Gasteiger partial charge >= 0.3 is 5.97 Å². The van der Waals surface area contributed by atoms with E-state index in [2.05, 4.69) is 5.32 Å². The molecule has 0 fully saturated rings. The first-order chi connectivity index (χ1) is 10.3. The third kappa shape index (κ3) is 5.71. The second kappa shape index (κ2) is 8.36. The van der Waals surface area contributed by atoms with E-state index < -0.39 is 17.7 Å². The van der Waals surface area contributed by atoms with Crippen LogP contribution in [0.5, 0.6) is 5.75 Å². The van der Waals surface area contributed by atoms with Gasteiger partial charge in [0.2, 0.25) is 5.91 Å². The van der Waals surface area contributed by atoms with Gasteiger partial charge in [-0.25, -0.2) is 4.39 Å². The molecule has 1 aromatic carbocycles. The van der Waals surface area contributed by atoms with Gasteiger partial charge in [-0.2, -0.15) is 0 Å². The van der Waals surface area contributed by atoms with Crippen molar-refractivity contribution in [1.29, 1.82) is 0 Å². The third-order valence-corrected chi connectivity index (χ3v) is 3.24. The summed E-state index contributed by atoms with van der Waals surface area (Å²) in [5.41, 5.74) is 0.427. The van der Waals surface area contributed by atoms with Gasteiger partial charge in [0.25, 0.3) is 0 Å². The number of benzene rings is 1. The summed E-state index contributed by atoms with van der Waals surface area (Å²) in [6.07, 6.45) is 0.424. The van der Waals surface area contributed by atoms with Gasteiger partial charge < -0.3 is 15.2 Å². The van der Waals surface area contributed by atoms with Crippen molar-refractivity contribution in [2.75, 3.05) is 13.7 Å². The number of methoxy groups -OCH3 is 1. The Balaban J connectivity index is 2.62. The summed E-state index contributed by atoms with van der Waals surface area (Å²) in [5.74, 6) is -1.73. The molecule has 1 atom stereocenters. The van der Waals surface area contributed by atoms with Gasteiger partial charge in [0.1, 0.15) is 11.6 Å². The molecule has 0 saturated carbocycles. The number of carbonyl (C=O) groups excluding carboxylic acids is 1. The lowest BCUT2D eigenvalue weighted by Gasteiger charge is -2.15. The number of amides is 1. The van der Waals surface area contributed by atoms with E-state index in [4.69, 9.17) is 9.84 Å². The number of carbonyl (C=O) groups is 2. The van der Waals surface area contributed by atoms with Gasteiger partial charge in [-0.3, -0.25) is 9.59 Å². The minimum atomic E-state index is -0.933. The minimum absolute atomic E-state index is 0.0595. The van der Waals surface area contributed by atoms with Crippen molar-refractivity contribution < 1.29 is 23.8 Å². The highest BCUT2D eigenvalue weighted by molar-refractivity contribution is 5.80. The first-order valence-electron chi connectivity index (χ1n) is 7.15. The van der Waals surface area contributed by atoms with Crippen LogP contribution >= 0.6 is 0 Å². The Morgan fingerprint density at radius 2 is 2.05 bits per heavy atom. The zero-order valence-electron chi connectivity index (χ0n) is 13.1. The first kappa shape index (κ1) is 17.9. The molecule has 0 saturated heterocycles. The second-order valence-corrected chi connectivity index (χ2v) is 5.60. The summed E-state index contributed by atoms with van der Waals surface area (Å²) >= 11 is 0. The zero-order valence-corrected chi connectivity index (χ0v) is 13.1. The van der Waals surface area contributed by atoms with Crippen LogP contribution in [0.15, 0.2) is 18.2 Å². The Bertz CT molecular complexity index is 531. The number of aliphatic carboxylic acids is 1. The summed E-state index contributed by atoms with van der Waals surface area (Å²) in [6, 6.07) is 3.95. The van der Waals surface area contributed by atoms with E-state index in [1.54, 1.807) is 0 Å². The second-order valence-electron chi connectivity index (χ2n) is 5.60. The molecule has 122 valence electrons. The molecular formula is C16H22FNO4. The topological polar surface area (TPSA) is 75.6 Å². The van der Waals surface area contributed by atoms with E-state index in [1.807, 2.05) is 13.8 Å². The fraction of sp³-hybridized carbons (Fsp3) is 0.500. The Labute approximate surface area is 129 Å². The van der Waals surface area contributed by atoms with Crippen LogP contribution in [0.2, 0.25) is 0 Å². The standard InChI is InChI=1S/C16H22FNO4/c1-10(2)6-12(16(20)21)9-18-15(19)8-11-7-13(17)4-5-14(11)22-3/h4-5,7,10,12H,6,8-9H2,1-3H3,(H,18,19)(H,20,21). The van der Waals surface area contributed by atoms with Crippen LogP contribution in [0.4, 0.5) is 4.39 Å². The van der Waals surface area contributed by atoms with Crippen molar-refractivity contribution in [3.05, 3.63) is 29.6 Å². The number of nitrogens with one attached hydrogen (secondary N) is 1. The van der Waals surface area contributed by atoms with E-state index in [9.17, 15) is 14.0 Å². The van der Waals surface area contributed by atoms with Crippen molar-refractivity contribution in [1.82, 2.24) is 5.32 Å².